The molecule has 6 nitrogen and oxygen atoms in total. The first-order chi connectivity index (χ1) is 10.2. The summed E-state index contributed by atoms with van der Waals surface area (Å²) in [6.07, 6.45) is 8.75. The fraction of sp³-hybridized carbons (Fsp3) is 0.667. The van der Waals surface area contributed by atoms with E-state index in [1.807, 2.05) is 6.07 Å². The van der Waals surface area contributed by atoms with Crippen LogP contribution in [0, 0.1) is 0 Å². The third-order valence-electron chi connectivity index (χ3n) is 4.30. The number of aromatic nitrogens is 4. The molecule has 3 rings (SSSR count). The zero-order chi connectivity index (χ0) is 14.7. The molecule has 2 aromatic heterocycles. The van der Waals surface area contributed by atoms with Crippen molar-refractivity contribution in [2.45, 2.75) is 57.5 Å². The van der Waals surface area contributed by atoms with Gasteiger partial charge in [-0.15, -0.1) is 0 Å². The van der Waals surface area contributed by atoms with Crippen LogP contribution in [-0.4, -0.2) is 36.8 Å². The van der Waals surface area contributed by atoms with Crippen LogP contribution in [0.1, 0.15) is 51.1 Å². The Balaban J connectivity index is 1.79. The Morgan fingerprint density at radius 1 is 1.29 bits per heavy atom. The predicted octanol–water partition coefficient (Wildman–Crippen LogP) is 2.18. The summed E-state index contributed by atoms with van der Waals surface area (Å²) in [6, 6.07) is 1.99. The van der Waals surface area contributed by atoms with Gasteiger partial charge in [0.2, 0.25) is 0 Å². The zero-order valence-electron chi connectivity index (χ0n) is 12.5. The third-order valence-corrected chi connectivity index (χ3v) is 4.30. The van der Waals surface area contributed by atoms with Gasteiger partial charge in [0.25, 0.3) is 5.78 Å². The van der Waals surface area contributed by atoms with Crippen molar-refractivity contribution in [2.75, 3.05) is 11.9 Å². The molecule has 2 N–H and O–H groups in total. The minimum absolute atomic E-state index is 0.551. The number of aliphatic hydroxyl groups is 1. The number of anilines is 1. The summed E-state index contributed by atoms with van der Waals surface area (Å²) in [5.74, 6) is 1.46. The number of hydrogen-bond donors (Lipinski definition) is 2. The highest BCUT2D eigenvalue weighted by Gasteiger charge is 2.28. The van der Waals surface area contributed by atoms with E-state index in [4.69, 9.17) is 0 Å². The van der Waals surface area contributed by atoms with Gasteiger partial charge in [0, 0.05) is 18.3 Å². The molecule has 1 fully saturated rings. The Hall–Kier alpha value is -1.69. The molecule has 1 aliphatic rings. The Morgan fingerprint density at radius 2 is 2.05 bits per heavy atom. The van der Waals surface area contributed by atoms with Crippen molar-refractivity contribution in [3.63, 3.8) is 0 Å². The third kappa shape index (κ3) is 3.15. The molecule has 0 atom stereocenters. The van der Waals surface area contributed by atoms with Gasteiger partial charge >= 0.3 is 0 Å². The number of nitrogens with zero attached hydrogens (tertiary/aromatic N) is 4. The van der Waals surface area contributed by atoms with Crippen LogP contribution < -0.4 is 5.32 Å². The van der Waals surface area contributed by atoms with E-state index in [-0.39, 0.29) is 0 Å². The highest BCUT2D eigenvalue weighted by atomic mass is 16.3. The molecule has 0 amide bonds. The average Bonchev–Trinajstić information content (AvgIpc) is 2.86. The molecule has 1 saturated carbocycles. The lowest BCUT2D eigenvalue weighted by atomic mass is 9.94. The minimum atomic E-state index is -0.612. The monoisotopic (exact) mass is 289 g/mol. The SMILES string of the molecule is CCc1cc(NCC2(O)CCCCCC2)n2ncnc2n1. The topological polar surface area (TPSA) is 75.3 Å². The van der Waals surface area contributed by atoms with E-state index in [9.17, 15) is 5.11 Å². The molecule has 2 aromatic rings. The maximum atomic E-state index is 10.7. The smallest absolute Gasteiger partial charge is 0.254 e. The molecule has 0 spiro atoms. The van der Waals surface area contributed by atoms with Crippen LogP contribution in [0.4, 0.5) is 5.82 Å². The van der Waals surface area contributed by atoms with Gasteiger partial charge in [-0.25, -0.2) is 4.98 Å². The summed E-state index contributed by atoms with van der Waals surface area (Å²) < 4.78 is 1.69. The summed E-state index contributed by atoms with van der Waals surface area (Å²) in [5, 5.41) is 18.3. The number of aryl methyl sites for hydroxylation is 1. The summed E-state index contributed by atoms with van der Waals surface area (Å²) in [7, 11) is 0. The first-order valence-electron chi connectivity index (χ1n) is 7.86. The number of hydrogen-bond acceptors (Lipinski definition) is 5. The molecule has 0 radical (unpaired) electrons. The van der Waals surface area contributed by atoms with Crippen molar-refractivity contribution in [1.82, 2.24) is 19.6 Å². The van der Waals surface area contributed by atoms with Gasteiger partial charge < -0.3 is 10.4 Å². The Kier molecular flexibility index (Phi) is 4.05. The van der Waals surface area contributed by atoms with Crippen LogP contribution in [0.3, 0.4) is 0 Å². The van der Waals surface area contributed by atoms with Gasteiger partial charge in [0.1, 0.15) is 12.1 Å². The van der Waals surface area contributed by atoms with E-state index in [0.717, 1.165) is 43.6 Å². The van der Waals surface area contributed by atoms with Crippen molar-refractivity contribution >= 4 is 11.6 Å². The van der Waals surface area contributed by atoms with Crippen molar-refractivity contribution in [3.05, 3.63) is 18.1 Å². The fourth-order valence-electron chi connectivity index (χ4n) is 2.99. The van der Waals surface area contributed by atoms with E-state index in [2.05, 4.69) is 27.3 Å². The lowest BCUT2D eigenvalue weighted by Gasteiger charge is -2.27. The summed E-state index contributed by atoms with van der Waals surface area (Å²) in [4.78, 5) is 8.58. The molecule has 0 aromatic carbocycles. The Labute approximate surface area is 124 Å². The van der Waals surface area contributed by atoms with Gasteiger partial charge in [0.05, 0.1) is 5.60 Å². The second-order valence-electron chi connectivity index (χ2n) is 5.95. The first kappa shape index (κ1) is 14.3. The van der Waals surface area contributed by atoms with Crippen LogP contribution in [0.25, 0.3) is 5.78 Å². The van der Waals surface area contributed by atoms with E-state index in [0.29, 0.717) is 12.3 Å². The number of fused-ring (bicyclic) bond motifs is 1. The average molecular weight is 289 g/mol. The van der Waals surface area contributed by atoms with Crippen LogP contribution >= 0.6 is 0 Å². The van der Waals surface area contributed by atoms with E-state index >= 15 is 0 Å². The second kappa shape index (κ2) is 5.97. The van der Waals surface area contributed by atoms with Gasteiger partial charge in [-0.2, -0.15) is 14.6 Å². The lowest BCUT2D eigenvalue weighted by Crippen LogP contribution is -2.36. The molecule has 0 saturated heterocycles. The van der Waals surface area contributed by atoms with Gasteiger partial charge in [-0.3, -0.25) is 0 Å². The maximum absolute atomic E-state index is 10.7. The zero-order valence-corrected chi connectivity index (χ0v) is 12.5. The van der Waals surface area contributed by atoms with Gasteiger partial charge in [-0.1, -0.05) is 32.6 Å². The van der Waals surface area contributed by atoms with Crippen molar-refractivity contribution in [3.8, 4) is 0 Å². The van der Waals surface area contributed by atoms with Crippen LogP contribution in [0.2, 0.25) is 0 Å². The summed E-state index contributed by atoms with van der Waals surface area (Å²) >= 11 is 0. The lowest BCUT2D eigenvalue weighted by molar-refractivity contribution is 0.0380. The quantitative estimate of drug-likeness (QED) is 0.844. The molecule has 0 bridgehead atoms. The highest BCUT2D eigenvalue weighted by Crippen LogP contribution is 2.27. The summed E-state index contributed by atoms with van der Waals surface area (Å²) in [5.41, 5.74) is 0.366. The number of rotatable bonds is 4. The van der Waals surface area contributed by atoms with Crippen LogP contribution in [0.15, 0.2) is 12.4 Å². The summed E-state index contributed by atoms with van der Waals surface area (Å²) in [6.45, 7) is 2.62. The number of nitrogens with one attached hydrogen (secondary N) is 1. The predicted molar refractivity (Wildman–Crippen MR) is 81.3 cm³/mol. The van der Waals surface area contributed by atoms with Gasteiger partial charge in [-0.05, 0) is 19.3 Å². The molecule has 21 heavy (non-hydrogen) atoms. The normalized spacial score (nSPS) is 18.6. The molecular formula is C15H23N5O. The Bertz CT molecular complexity index is 601. The maximum Gasteiger partial charge on any atom is 0.254 e. The van der Waals surface area contributed by atoms with E-state index < -0.39 is 5.60 Å². The van der Waals surface area contributed by atoms with Crippen LogP contribution in [0.5, 0.6) is 0 Å². The van der Waals surface area contributed by atoms with Crippen molar-refractivity contribution in [2.24, 2.45) is 0 Å². The van der Waals surface area contributed by atoms with Crippen molar-refractivity contribution < 1.29 is 5.11 Å². The minimum Gasteiger partial charge on any atom is -0.388 e. The van der Waals surface area contributed by atoms with Gasteiger partial charge in [0.15, 0.2) is 0 Å². The molecule has 0 unspecified atom stereocenters. The Morgan fingerprint density at radius 3 is 2.76 bits per heavy atom. The van der Waals surface area contributed by atoms with E-state index in [1.165, 1.54) is 19.2 Å². The molecule has 2 heterocycles. The van der Waals surface area contributed by atoms with Crippen LogP contribution in [-0.2, 0) is 6.42 Å². The van der Waals surface area contributed by atoms with Crippen molar-refractivity contribution in [1.29, 1.82) is 0 Å². The first-order valence-corrected chi connectivity index (χ1v) is 7.86. The fourth-order valence-corrected chi connectivity index (χ4v) is 2.99. The molecule has 0 aliphatic heterocycles. The second-order valence-corrected chi connectivity index (χ2v) is 5.95. The molecule has 1 aliphatic carbocycles. The largest absolute Gasteiger partial charge is 0.388 e. The molecule has 114 valence electrons. The molecule has 6 heteroatoms. The standard InChI is InChI=1S/C15H23N5O/c1-2-12-9-13(20-14(19-12)17-11-18-20)16-10-15(21)7-5-3-4-6-8-15/h9,11,16,21H,2-8,10H2,1H3. The highest BCUT2D eigenvalue weighted by molar-refractivity contribution is 5.45. The van der Waals surface area contributed by atoms with E-state index in [1.54, 1.807) is 4.52 Å². The molecular weight excluding hydrogens is 266 g/mol.